The van der Waals surface area contributed by atoms with E-state index >= 15 is 0 Å². The van der Waals surface area contributed by atoms with E-state index < -0.39 is 0 Å². The Morgan fingerprint density at radius 2 is 1.79 bits per heavy atom. The quantitative estimate of drug-likeness (QED) is 0.672. The summed E-state index contributed by atoms with van der Waals surface area (Å²) in [7, 11) is 1.61. The predicted octanol–water partition coefficient (Wildman–Crippen LogP) is 2.56. The van der Waals surface area contributed by atoms with E-state index in [2.05, 4.69) is 15.1 Å². The molecule has 1 aromatic heterocycles. The molecule has 2 aromatic carbocycles. The number of piperazine rings is 1. The molecule has 0 radical (unpaired) electrons. The van der Waals surface area contributed by atoms with Gasteiger partial charge < -0.3 is 19.4 Å². The van der Waals surface area contributed by atoms with Gasteiger partial charge in [0.1, 0.15) is 11.3 Å². The van der Waals surface area contributed by atoms with Crippen LogP contribution >= 0.6 is 0 Å². The molecule has 1 amide bonds. The first-order valence-electron chi connectivity index (χ1n) is 9.56. The lowest BCUT2D eigenvalue weighted by Gasteiger charge is -2.36. The average molecular weight is 393 g/mol. The van der Waals surface area contributed by atoms with Gasteiger partial charge in [0.05, 0.1) is 19.3 Å². The van der Waals surface area contributed by atoms with Gasteiger partial charge in [-0.15, -0.1) is 0 Å². The van der Waals surface area contributed by atoms with Gasteiger partial charge in [-0.3, -0.25) is 9.69 Å². The van der Waals surface area contributed by atoms with Crippen LogP contribution in [-0.4, -0.2) is 50.6 Å². The van der Waals surface area contributed by atoms with E-state index in [-0.39, 0.29) is 11.5 Å². The van der Waals surface area contributed by atoms with Crippen molar-refractivity contribution >= 4 is 28.3 Å². The molecule has 7 nitrogen and oxygen atoms in total. The number of rotatable bonds is 5. The number of hydrogen-bond acceptors (Lipinski definition) is 6. The first-order chi connectivity index (χ1) is 14.1. The van der Waals surface area contributed by atoms with Crippen molar-refractivity contribution in [3.8, 4) is 5.75 Å². The minimum absolute atomic E-state index is 0.0468. The van der Waals surface area contributed by atoms with Gasteiger partial charge in [0, 0.05) is 43.3 Å². The first kappa shape index (κ1) is 19.0. The van der Waals surface area contributed by atoms with Crippen LogP contribution in [0.25, 0.3) is 11.0 Å². The number of benzene rings is 2. The number of hydrogen-bond donors (Lipinski definition) is 1. The Kier molecular flexibility index (Phi) is 5.48. The van der Waals surface area contributed by atoms with Crippen LogP contribution in [0.15, 0.2) is 63.8 Å². The molecule has 4 rings (SSSR count). The molecule has 3 aromatic rings. The largest absolute Gasteiger partial charge is 0.497 e. The first-order valence-corrected chi connectivity index (χ1v) is 9.56. The van der Waals surface area contributed by atoms with E-state index in [4.69, 9.17) is 9.15 Å². The van der Waals surface area contributed by atoms with Crippen molar-refractivity contribution in [3.63, 3.8) is 0 Å². The molecule has 2 heterocycles. The normalized spacial score (nSPS) is 14.7. The fourth-order valence-electron chi connectivity index (χ4n) is 3.58. The van der Waals surface area contributed by atoms with E-state index in [9.17, 15) is 9.59 Å². The maximum atomic E-state index is 12.4. The molecule has 0 spiro atoms. The Bertz CT molecular complexity index is 1050. The Balaban J connectivity index is 1.36. The summed E-state index contributed by atoms with van der Waals surface area (Å²) in [6.07, 6.45) is 0. The highest BCUT2D eigenvalue weighted by molar-refractivity contribution is 5.92. The topological polar surface area (TPSA) is 75.0 Å². The summed E-state index contributed by atoms with van der Waals surface area (Å²) in [6.45, 7) is 3.29. The SMILES string of the molecule is COc1ccc(NC(=O)CN2CCN(c3cc(=O)oc4ccccc34)CC2)cc1. The molecule has 0 bridgehead atoms. The van der Waals surface area contributed by atoms with Crippen molar-refractivity contribution in [1.82, 2.24) is 4.90 Å². The van der Waals surface area contributed by atoms with Crippen LogP contribution in [0.4, 0.5) is 11.4 Å². The molecule has 0 aliphatic carbocycles. The third kappa shape index (κ3) is 4.41. The third-order valence-corrected chi connectivity index (χ3v) is 5.08. The average Bonchev–Trinajstić information content (AvgIpc) is 2.74. The molecule has 1 aliphatic rings. The van der Waals surface area contributed by atoms with Crippen molar-refractivity contribution in [2.24, 2.45) is 0 Å². The summed E-state index contributed by atoms with van der Waals surface area (Å²) >= 11 is 0. The van der Waals surface area contributed by atoms with Crippen molar-refractivity contribution in [1.29, 1.82) is 0 Å². The lowest BCUT2D eigenvalue weighted by molar-refractivity contribution is -0.117. The van der Waals surface area contributed by atoms with Crippen molar-refractivity contribution in [3.05, 3.63) is 65.0 Å². The number of ether oxygens (including phenoxy) is 1. The standard InChI is InChI=1S/C22H23N3O4/c1-28-17-8-6-16(7-9-17)23-21(26)15-24-10-12-25(13-11-24)19-14-22(27)29-20-5-3-2-4-18(19)20/h2-9,14H,10-13,15H2,1H3,(H,23,26). The number of para-hydroxylation sites is 1. The molecule has 7 heteroatoms. The number of fused-ring (bicyclic) bond motifs is 1. The molecular weight excluding hydrogens is 370 g/mol. The Morgan fingerprint density at radius 3 is 2.52 bits per heavy atom. The van der Waals surface area contributed by atoms with Gasteiger partial charge in [-0.2, -0.15) is 0 Å². The lowest BCUT2D eigenvalue weighted by Crippen LogP contribution is -2.48. The highest BCUT2D eigenvalue weighted by Gasteiger charge is 2.21. The lowest BCUT2D eigenvalue weighted by atomic mass is 10.1. The maximum absolute atomic E-state index is 12.4. The van der Waals surface area contributed by atoms with E-state index in [1.54, 1.807) is 19.2 Å². The molecular formula is C22H23N3O4. The minimum atomic E-state index is -0.347. The molecule has 0 atom stereocenters. The highest BCUT2D eigenvalue weighted by Crippen LogP contribution is 2.25. The number of carbonyl (C=O) groups excluding carboxylic acids is 1. The van der Waals surface area contributed by atoms with Crippen molar-refractivity contribution in [2.75, 3.05) is 50.1 Å². The summed E-state index contributed by atoms with van der Waals surface area (Å²) < 4.78 is 10.4. The second kappa shape index (κ2) is 8.36. The van der Waals surface area contributed by atoms with Gasteiger partial charge in [-0.05, 0) is 36.4 Å². The van der Waals surface area contributed by atoms with Gasteiger partial charge >= 0.3 is 5.63 Å². The Morgan fingerprint density at radius 1 is 1.07 bits per heavy atom. The zero-order valence-corrected chi connectivity index (χ0v) is 16.3. The van der Waals surface area contributed by atoms with Crippen LogP contribution in [0.5, 0.6) is 5.75 Å². The van der Waals surface area contributed by atoms with E-state index in [0.717, 1.165) is 48.7 Å². The van der Waals surface area contributed by atoms with Gasteiger partial charge in [-0.1, -0.05) is 12.1 Å². The molecule has 1 saturated heterocycles. The summed E-state index contributed by atoms with van der Waals surface area (Å²) in [6, 6.07) is 16.4. The second-order valence-corrected chi connectivity index (χ2v) is 6.99. The zero-order chi connectivity index (χ0) is 20.2. The van der Waals surface area contributed by atoms with Crippen molar-refractivity contribution < 1.29 is 13.9 Å². The van der Waals surface area contributed by atoms with E-state index in [1.165, 1.54) is 0 Å². The molecule has 150 valence electrons. The van der Waals surface area contributed by atoms with Crippen LogP contribution in [0.1, 0.15) is 0 Å². The van der Waals surface area contributed by atoms with Crippen LogP contribution < -0.4 is 20.6 Å². The van der Waals surface area contributed by atoms with Gasteiger partial charge in [0.2, 0.25) is 5.91 Å². The zero-order valence-electron chi connectivity index (χ0n) is 16.3. The predicted molar refractivity (Wildman–Crippen MR) is 113 cm³/mol. The Labute approximate surface area is 168 Å². The fourth-order valence-corrected chi connectivity index (χ4v) is 3.58. The second-order valence-electron chi connectivity index (χ2n) is 6.99. The maximum Gasteiger partial charge on any atom is 0.338 e. The van der Waals surface area contributed by atoms with Gasteiger partial charge in [0.25, 0.3) is 0 Å². The van der Waals surface area contributed by atoms with Crippen LogP contribution in [0.2, 0.25) is 0 Å². The molecule has 29 heavy (non-hydrogen) atoms. The summed E-state index contributed by atoms with van der Waals surface area (Å²) in [5, 5.41) is 3.84. The summed E-state index contributed by atoms with van der Waals surface area (Å²) in [5.74, 6) is 0.705. The number of amides is 1. The smallest absolute Gasteiger partial charge is 0.338 e. The van der Waals surface area contributed by atoms with Crippen LogP contribution in [0, 0.1) is 0 Å². The summed E-state index contributed by atoms with van der Waals surface area (Å²) in [4.78, 5) is 28.6. The van der Waals surface area contributed by atoms with E-state index in [0.29, 0.717) is 12.1 Å². The monoisotopic (exact) mass is 393 g/mol. The van der Waals surface area contributed by atoms with Gasteiger partial charge in [0.15, 0.2) is 0 Å². The molecule has 1 N–H and O–H groups in total. The van der Waals surface area contributed by atoms with Crippen molar-refractivity contribution in [2.45, 2.75) is 0 Å². The molecule has 0 saturated carbocycles. The van der Waals surface area contributed by atoms with Gasteiger partial charge in [-0.25, -0.2) is 4.79 Å². The number of carbonyl (C=O) groups is 1. The number of nitrogens with zero attached hydrogens (tertiary/aromatic N) is 2. The number of methoxy groups -OCH3 is 1. The number of anilines is 2. The van der Waals surface area contributed by atoms with E-state index in [1.807, 2.05) is 42.5 Å². The van der Waals surface area contributed by atoms with Crippen LogP contribution in [0.3, 0.4) is 0 Å². The molecule has 0 unspecified atom stereocenters. The minimum Gasteiger partial charge on any atom is -0.497 e. The number of nitrogens with one attached hydrogen (secondary N) is 1. The molecule has 1 aliphatic heterocycles. The third-order valence-electron chi connectivity index (χ3n) is 5.08. The summed E-state index contributed by atoms with van der Waals surface area (Å²) in [5.41, 5.74) is 1.88. The highest BCUT2D eigenvalue weighted by atomic mass is 16.5. The molecule has 1 fully saturated rings. The Hall–Kier alpha value is -3.32. The van der Waals surface area contributed by atoms with Crippen LogP contribution in [-0.2, 0) is 4.79 Å². The fraction of sp³-hybridized carbons (Fsp3) is 0.273.